The Balaban J connectivity index is 1.29. The van der Waals surface area contributed by atoms with Gasteiger partial charge in [0.2, 0.25) is 0 Å². The van der Waals surface area contributed by atoms with Crippen molar-refractivity contribution in [1.29, 1.82) is 0 Å². The lowest BCUT2D eigenvalue weighted by atomic mass is 9.79. The van der Waals surface area contributed by atoms with Gasteiger partial charge in [0.1, 0.15) is 17.8 Å². The van der Waals surface area contributed by atoms with Crippen LogP contribution in [0.25, 0.3) is 0 Å². The lowest BCUT2D eigenvalue weighted by molar-refractivity contribution is -0.152. The van der Waals surface area contributed by atoms with Gasteiger partial charge in [-0.15, -0.1) is 0 Å². The molecule has 6 aromatic rings. The quantitative estimate of drug-likeness (QED) is 0.0637. The third-order valence-electron chi connectivity index (χ3n) is 10.4. The predicted octanol–water partition coefficient (Wildman–Crippen LogP) is 8.84. The molecular formula is C48H48O5Si. The van der Waals surface area contributed by atoms with E-state index >= 15 is 0 Å². The van der Waals surface area contributed by atoms with Gasteiger partial charge in [-0.1, -0.05) is 203 Å². The van der Waals surface area contributed by atoms with Crippen molar-refractivity contribution in [1.82, 2.24) is 0 Å². The molecular weight excluding hydrogens is 685 g/mol. The van der Waals surface area contributed by atoms with Gasteiger partial charge in [-0.2, -0.15) is 0 Å². The minimum absolute atomic E-state index is 0.206. The van der Waals surface area contributed by atoms with Crippen molar-refractivity contribution < 1.29 is 23.4 Å². The Kier molecular flexibility index (Phi) is 11.4. The number of ether oxygens (including phenoxy) is 3. The normalized spacial score (nSPS) is 17.6. The van der Waals surface area contributed by atoms with Crippen LogP contribution in [0.4, 0.5) is 0 Å². The van der Waals surface area contributed by atoms with Crippen molar-refractivity contribution >= 4 is 24.7 Å². The van der Waals surface area contributed by atoms with Gasteiger partial charge < -0.3 is 18.6 Å². The molecule has 54 heavy (non-hydrogen) atoms. The van der Waals surface area contributed by atoms with E-state index in [1.165, 1.54) is 10.4 Å². The Labute approximate surface area is 320 Å². The molecule has 0 amide bonds. The summed E-state index contributed by atoms with van der Waals surface area (Å²) in [6.07, 6.45) is -1.98. The molecule has 1 heterocycles. The van der Waals surface area contributed by atoms with Gasteiger partial charge in [0.25, 0.3) is 8.32 Å². The van der Waals surface area contributed by atoms with Crippen LogP contribution in [0.2, 0.25) is 5.04 Å². The van der Waals surface area contributed by atoms with Crippen LogP contribution >= 0.6 is 0 Å². The summed E-state index contributed by atoms with van der Waals surface area (Å²) in [7, 11) is -2.85. The number of hydrogen-bond acceptors (Lipinski definition) is 5. The van der Waals surface area contributed by atoms with Crippen LogP contribution in [-0.2, 0) is 35.6 Å². The number of esters is 1. The summed E-state index contributed by atoms with van der Waals surface area (Å²) in [4.78, 5) is 14.0. The highest BCUT2D eigenvalue weighted by atomic mass is 28.4. The molecule has 1 aliphatic rings. The van der Waals surface area contributed by atoms with Gasteiger partial charge >= 0.3 is 5.97 Å². The summed E-state index contributed by atoms with van der Waals surface area (Å²) in [5, 5.41) is 2.18. The first-order valence-corrected chi connectivity index (χ1v) is 20.7. The molecule has 0 N–H and O–H groups in total. The van der Waals surface area contributed by atoms with E-state index in [2.05, 4.69) is 106 Å². The predicted molar refractivity (Wildman–Crippen MR) is 217 cm³/mol. The number of rotatable bonds is 14. The van der Waals surface area contributed by atoms with Crippen molar-refractivity contribution in [3.8, 4) is 0 Å². The standard InChI is InChI=1S/C48H48O5Si/c1-47(2,3)54(41-30-18-8-19-31-41,42-32-20-9-21-33-42)51-35-34-43-44(45(46(49)52-43)50-36-37-22-10-4-11-23-37)53-48(38-24-12-5-13-25-38,39-26-14-6-15-27-39)40-28-16-7-17-29-40/h4-33,43-45H,34-36H2,1-3H3/t43-,44-,45-/m1/s1. The fraction of sp³-hybridized carbons (Fsp3) is 0.229. The molecule has 0 bridgehead atoms. The van der Waals surface area contributed by atoms with E-state index in [-0.39, 0.29) is 11.6 Å². The molecule has 0 unspecified atom stereocenters. The third kappa shape index (κ3) is 7.48. The molecule has 0 aromatic heterocycles. The molecule has 0 spiro atoms. The van der Waals surface area contributed by atoms with Crippen molar-refractivity contribution in [3.63, 3.8) is 0 Å². The zero-order chi connectivity index (χ0) is 37.4. The summed E-state index contributed by atoms with van der Waals surface area (Å²) in [5.41, 5.74) is 2.68. The molecule has 1 aliphatic heterocycles. The summed E-state index contributed by atoms with van der Waals surface area (Å²) in [5.74, 6) is -0.436. The summed E-state index contributed by atoms with van der Waals surface area (Å²) in [6, 6.07) is 61.7. The Morgan fingerprint density at radius 3 is 1.41 bits per heavy atom. The molecule has 5 nitrogen and oxygen atoms in total. The smallest absolute Gasteiger partial charge is 0.338 e. The van der Waals surface area contributed by atoms with Crippen LogP contribution in [-0.4, -0.2) is 39.2 Å². The highest BCUT2D eigenvalue weighted by Gasteiger charge is 2.53. The first-order valence-electron chi connectivity index (χ1n) is 18.8. The van der Waals surface area contributed by atoms with E-state index < -0.39 is 38.2 Å². The van der Waals surface area contributed by atoms with Crippen LogP contribution in [0.5, 0.6) is 0 Å². The Morgan fingerprint density at radius 2 is 0.981 bits per heavy atom. The number of benzene rings is 6. The molecule has 6 heteroatoms. The second kappa shape index (κ2) is 16.5. The molecule has 274 valence electrons. The van der Waals surface area contributed by atoms with Crippen LogP contribution in [0.15, 0.2) is 182 Å². The zero-order valence-electron chi connectivity index (χ0n) is 31.2. The molecule has 0 saturated carbocycles. The van der Waals surface area contributed by atoms with Crippen LogP contribution < -0.4 is 10.4 Å². The van der Waals surface area contributed by atoms with Crippen LogP contribution in [0.3, 0.4) is 0 Å². The summed E-state index contributed by atoms with van der Waals surface area (Å²) in [6.45, 7) is 7.39. The van der Waals surface area contributed by atoms with Gasteiger partial charge in [-0.25, -0.2) is 4.79 Å². The Bertz CT molecular complexity index is 1920. The van der Waals surface area contributed by atoms with Crippen LogP contribution in [0, 0.1) is 0 Å². The highest BCUT2D eigenvalue weighted by molar-refractivity contribution is 6.99. The van der Waals surface area contributed by atoms with E-state index in [0.717, 1.165) is 22.3 Å². The second-order valence-corrected chi connectivity index (χ2v) is 19.2. The average Bonchev–Trinajstić information content (AvgIpc) is 3.51. The van der Waals surface area contributed by atoms with Crippen LogP contribution in [0.1, 0.15) is 49.4 Å². The Hall–Kier alpha value is -5.11. The van der Waals surface area contributed by atoms with Gasteiger partial charge in [0.15, 0.2) is 6.10 Å². The fourth-order valence-electron chi connectivity index (χ4n) is 7.91. The van der Waals surface area contributed by atoms with Crippen molar-refractivity contribution in [2.45, 2.75) is 62.8 Å². The lowest BCUT2D eigenvalue weighted by Gasteiger charge is -2.43. The van der Waals surface area contributed by atoms with E-state index in [9.17, 15) is 4.79 Å². The zero-order valence-corrected chi connectivity index (χ0v) is 32.2. The third-order valence-corrected chi connectivity index (χ3v) is 15.5. The summed E-state index contributed by atoms with van der Waals surface area (Å²) < 4.78 is 27.7. The van der Waals surface area contributed by atoms with Crippen molar-refractivity contribution in [2.24, 2.45) is 0 Å². The molecule has 0 radical (unpaired) electrons. The maximum Gasteiger partial charge on any atom is 0.338 e. The number of cyclic esters (lactones) is 1. The summed E-state index contributed by atoms with van der Waals surface area (Å²) >= 11 is 0. The fourth-order valence-corrected chi connectivity index (χ4v) is 12.5. The number of carbonyl (C=O) groups is 1. The topological polar surface area (TPSA) is 54.0 Å². The van der Waals surface area contributed by atoms with E-state index in [4.69, 9.17) is 18.6 Å². The minimum Gasteiger partial charge on any atom is -0.457 e. The largest absolute Gasteiger partial charge is 0.457 e. The van der Waals surface area contributed by atoms with Crippen molar-refractivity contribution in [3.05, 3.63) is 204 Å². The van der Waals surface area contributed by atoms with Gasteiger partial charge in [-0.3, -0.25) is 0 Å². The minimum atomic E-state index is -2.85. The van der Waals surface area contributed by atoms with E-state index in [0.29, 0.717) is 13.0 Å². The molecule has 0 aliphatic carbocycles. The SMILES string of the molecule is CC(C)(C)[Si](OCC[C@H]1OC(=O)[C@H](OCc2ccccc2)[C@@H]1OC(c1ccccc1)(c1ccccc1)c1ccccc1)(c1ccccc1)c1ccccc1. The lowest BCUT2D eigenvalue weighted by Crippen LogP contribution is -2.66. The molecule has 6 aromatic carbocycles. The number of carbonyl (C=O) groups excluding carboxylic acids is 1. The maximum atomic E-state index is 14.0. The van der Waals surface area contributed by atoms with Gasteiger partial charge in [0.05, 0.1) is 6.61 Å². The monoisotopic (exact) mass is 732 g/mol. The maximum absolute atomic E-state index is 14.0. The molecule has 1 saturated heterocycles. The first-order chi connectivity index (χ1) is 26.3. The van der Waals surface area contributed by atoms with Gasteiger partial charge in [0, 0.05) is 13.0 Å². The first kappa shape index (κ1) is 37.2. The highest BCUT2D eigenvalue weighted by Crippen LogP contribution is 2.44. The van der Waals surface area contributed by atoms with Crippen molar-refractivity contribution in [2.75, 3.05) is 6.61 Å². The molecule has 3 atom stereocenters. The van der Waals surface area contributed by atoms with E-state index in [1.807, 2.05) is 97.1 Å². The number of hydrogen-bond donors (Lipinski definition) is 0. The van der Waals surface area contributed by atoms with E-state index in [1.54, 1.807) is 0 Å². The second-order valence-electron chi connectivity index (χ2n) is 14.9. The molecule has 7 rings (SSSR count). The Morgan fingerprint density at radius 1 is 0.574 bits per heavy atom. The molecule has 1 fully saturated rings. The average molecular weight is 733 g/mol. The van der Waals surface area contributed by atoms with Gasteiger partial charge in [-0.05, 0) is 37.7 Å².